The van der Waals surface area contributed by atoms with E-state index in [1.807, 2.05) is 6.92 Å². The van der Waals surface area contributed by atoms with Gasteiger partial charge in [0, 0.05) is 0 Å². The van der Waals surface area contributed by atoms with E-state index >= 15 is 0 Å². The number of ether oxygens (including phenoxy) is 2. The lowest BCUT2D eigenvalue weighted by atomic mass is 9.91. The fraction of sp³-hybridized carbons (Fsp3) is 0.700. The maximum atomic E-state index is 10.5. The Morgan fingerprint density at radius 2 is 1.91 bits per heavy atom. The topological polar surface area (TPSA) is 42.0 Å². The normalized spacial score (nSPS) is 43.6. The Morgan fingerprint density at radius 1 is 1.13 bits per heavy atom. The first-order valence-corrected chi connectivity index (χ1v) is 8.89. The first kappa shape index (κ1) is 16.9. The van der Waals surface area contributed by atoms with E-state index in [0.29, 0.717) is 6.42 Å². The second kappa shape index (κ2) is 6.54. The molecule has 0 aromatic rings. The van der Waals surface area contributed by atoms with Crippen LogP contribution in [-0.2, 0) is 9.47 Å². The quantitative estimate of drug-likeness (QED) is 0.540. The molecular formula is C20H30O3. The Bertz CT molecular complexity index is 557. The molecule has 0 amide bonds. The van der Waals surface area contributed by atoms with Gasteiger partial charge in [-0.3, -0.25) is 0 Å². The summed E-state index contributed by atoms with van der Waals surface area (Å²) in [4.78, 5) is 0. The van der Waals surface area contributed by atoms with Gasteiger partial charge in [-0.05, 0) is 70.9 Å². The summed E-state index contributed by atoms with van der Waals surface area (Å²) in [5.74, 6) is 0. The largest absolute Gasteiger partial charge is 0.390 e. The minimum Gasteiger partial charge on any atom is -0.390 e. The van der Waals surface area contributed by atoms with E-state index in [-0.39, 0.29) is 17.8 Å². The van der Waals surface area contributed by atoms with Crippen LogP contribution in [0.3, 0.4) is 0 Å². The molecule has 23 heavy (non-hydrogen) atoms. The van der Waals surface area contributed by atoms with Gasteiger partial charge in [-0.1, -0.05) is 23.3 Å². The second-order valence-corrected chi connectivity index (χ2v) is 7.68. The van der Waals surface area contributed by atoms with Crippen LogP contribution in [0, 0.1) is 0 Å². The summed E-state index contributed by atoms with van der Waals surface area (Å²) in [5.41, 5.74) is 5.18. The van der Waals surface area contributed by atoms with Crippen molar-refractivity contribution in [2.24, 2.45) is 0 Å². The highest BCUT2D eigenvalue weighted by atomic mass is 16.6. The number of aliphatic hydroxyl groups is 1. The molecule has 2 aliphatic heterocycles. The van der Waals surface area contributed by atoms with Crippen LogP contribution in [0.25, 0.3) is 0 Å². The van der Waals surface area contributed by atoms with E-state index in [2.05, 4.69) is 32.9 Å². The van der Waals surface area contributed by atoms with Gasteiger partial charge < -0.3 is 14.6 Å². The Balaban J connectivity index is 1.79. The fourth-order valence-corrected chi connectivity index (χ4v) is 3.75. The van der Waals surface area contributed by atoms with E-state index in [1.165, 1.54) is 22.3 Å². The van der Waals surface area contributed by atoms with Crippen molar-refractivity contribution in [1.82, 2.24) is 0 Å². The van der Waals surface area contributed by atoms with Crippen LogP contribution in [0.1, 0.15) is 59.8 Å². The molecule has 3 heteroatoms. The smallest absolute Gasteiger partial charge is 0.118 e. The summed E-state index contributed by atoms with van der Waals surface area (Å²) in [6.07, 6.45) is 9.15. The number of allylic oxidation sites excluding steroid dienone is 2. The van der Waals surface area contributed by atoms with E-state index in [1.54, 1.807) is 0 Å². The van der Waals surface area contributed by atoms with Crippen LogP contribution in [0.4, 0.5) is 0 Å². The van der Waals surface area contributed by atoms with Gasteiger partial charge in [0.1, 0.15) is 5.60 Å². The number of rotatable bonds is 0. The van der Waals surface area contributed by atoms with Crippen molar-refractivity contribution in [2.45, 2.75) is 83.7 Å². The molecule has 0 aromatic carbocycles. The molecule has 3 rings (SSSR count). The third kappa shape index (κ3) is 3.62. The van der Waals surface area contributed by atoms with Gasteiger partial charge in [0.15, 0.2) is 0 Å². The van der Waals surface area contributed by atoms with Crippen LogP contribution in [0.15, 0.2) is 34.4 Å². The van der Waals surface area contributed by atoms with Gasteiger partial charge in [-0.25, -0.2) is 0 Å². The molecule has 4 atom stereocenters. The Labute approximate surface area is 140 Å². The van der Waals surface area contributed by atoms with Crippen LogP contribution in [0.5, 0.6) is 0 Å². The summed E-state index contributed by atoms with van der Waals surface area (Å²) in [6, 6.07) is 0. The third-order valence-electron chi connectivity index (χ3n) is 5.73. The molecule has 0 unspecified atom stereocenters. The minimum atomic E-state index is -0.404. The fourth-order valence-electron chi connectivity index (χ4n) is 3.75. The molecule has 0 radical (unpaired) electrons. The van der Waals surface area contributed by atoms with Gasteiger partial charge in [0.25, 0.3) is 0 Å². The van der Waals surface area contributed by atoms with Crippen LogP contribution < -0.4 is 0 Å². The summed E-state index contributed by atoms with van der Waals surface area (Å²) >= 11 is 0. The molecule has 2 heterocycles. The van der Waals surface area contributed by atoms with E-state index in [4.69, 9.17) is 9.47 Å². The second-order valence-electron chi connectivity index (χ2n) is 7.68. The van der Waals surface area contributed by atoms with Crippen molar-refractivity contribution in [3.63, 3.8) is 0 Å². The Morgan fingerprint density at radius 3 is 2.70 bits per heavy atom. The molecule has 1 N–H and O–H groups in total. The van der Waals surface area contributed by atoms with E-state index in [0.717, 1.165) is 32.3 Å². The average Bonchev–Trinajstić information content (AvgIpc) is 3.07. The van der Waals surface area contributed by atoms with Gasteiger partial charge in [-0.15, -0.1) is 0 Å². The molecule has 1 saturated heterocycles. The zero-order valence-corrected chi connectivity index (χ0v) is 14.9. The lowest BCUT2D eigenvalue weighted by Crippen LogP contribution is -2.28. The molecule has 0 spiro atoms. The highest BCUT2D eigenvalue weighted by molar-refractivity contribution is 5.29. The first-order chi connectivity index (χ1) is 10.9. The average molecular weight is 318 g/mol. The predicted octanol–water partition coefficient (Wildman–Crippen LogP) is 4.08. The van der Waals surface area contributed by atoms with Crippen molar-refractivity contribution < 1.29 is 14.6 Å². The van der Waals surface area contributed by atoms with Gasteiger partial charge in [-0.2, -0.15) is 0 Å². The molecule has 3 aliphatic rings. The molecular weight excluding hydrogens is 288 g/mol. The molecule has 0 aromatic heterocycles. The lowest BCUT2D eigenvalue weighted by molar-refractivity contribution is 0.0871. The van der Waals surface area contributed by atoms with Gasteiger partial charge in [0.05, 0.1) is 24.9 Å². The molecule has 0 bridgehead atoms. The molecule has 3 nitrogen and oxygen atoms in total. The summed E-state index contributed by atoms with van der Waals surface area (Å²) < 4.78 is 11.8. The van der Waals surface area contributed by atoms with Crippen LogP contribution >= 0.6 is 0 Å². The van der Waals surface area contributed by atoms with Crippen molar-refractivity contribution in [2.75, 3.05) is 6.61 Å². The summed E-state index contributed by atoms with van der Waals surface area (Å²) in [7, 11) is 0. The van der Waals surface area contributed by atoms with Crippen molar-refractivity contribution in [3.05, 3.63) is 34.4 Å². The van der Waals surface area contributed by atoms with Crippen molar-refractivity contribution >= 4 is 0 Å². The Kier molecular flexibility index (Phi) is 4.82. The molecule has 0 saturated carbocycles. The summed E-state index contributed by atoms with van der Waals surface area (Å²) in [6.45, 7) is 9.33. The molecule has 1 aliphatic carbocycles. The zero-order valence-electron chi connectivity index (χ0n) is 14.9. The van der Waals surface area contributed by atoms with Gasteiger partial charge in [0.2, 0.25) is 0 Å². The summed E-state index contributed by atoms with van der Waals surface area (Å²) in [5, 5.41) is 10.5. The predicted molar refractivity (Wildman–Crippen MR) is 92.3 cm³/mol. The SMILES string of the molecule is CC1=C2CC/C(C)=C/C[C@@H](O)[C@]3(C)O[C@H]3CC/C(C)=C/[C@@H]2OC1. The highest BCUT2D eigenvalue weighted by Gasteiger charge is 2.56. The third-order valence-corrected chi connectivity index (χ3v) is 5.73. The number of hydrogen-bond donors (Lipinski definition) is 1. The standard InChI is InChI=1S/C20H30O3/c1-13-5-8-16-15(3)12-22-17(16)11-14(2)7-10-19-20(4,23-19)18(21)9-6-13/h6,11,17-19,21H,5,7-10,12H2,1-4H3/b13-6+,14-11+/t17-,18+,19-,20-/m0/s1. The zero-order chi connectivity index (χ0) is 16.6. The minimum absolute atomic E-state index is 0.155. The highest BCUT2D eigenvalue weighted by Crippen LogP contribution is 2.44. The maximum Gasteiger partial charge on any atom is 0.118 e. The van der Waals surface area contributed by atoms with Crippen molar-refractivity contribution in [1.29, 1.82) is 0 Å². The molecule has 128 valence electrons. The number of aliphatic hydroxyl groups excluding tert-OH is 1. The lowest BCUT2D eigenvalue weighted by Gasteiger charge is -2.16. The maximum absolute atomic E-state index is 10.5. The van der Waals surface area contributed by atoms with E-state index in [9.17, 15) is 5.11 Å². The number of fused-ring (bicyclic) bond motifs is 2. The van der Waals surface area contributed by atoms with Crippen LogP contribution in [0.2, 0.25) is 0 Å². The first-order valence-electron chi connectivity index (χ1n) is 8.89. The Hall–Kier alpha value is -0.900. The van der Waals surface area contributed by atoms with Gasteiger partial charge >= 0.3 is 0 Å². The monoisotopic (exact) mass is 318 g/mol. The van der Waals surface area contributed by atoms with E-state index < -0.39 is 6.10 Å². The molecule has 1 fully saturated rings. The van der Waals surface area contributed by atoms with Crippen molar-refractivity contribution in [3.8, 4) is 0 Å². The number of epoxide rings is 1. The van der Waals surface area contributed by atoms with Crippen LogP contribution in [-0.4, -0.2) is 35.6 Å². The number of hydrogen-bond acceptors (Lipinski definition) is 3.